The van der Waals surface area contributed by atoms with Crippen LogP contribution in [0.3, 0.4) is 0 Å². The molecular formula is C26H20F2N2O5S. The summed E-state index contributed by atoms with van der Waals surface area (Å²) in [5.74, 6) is -2.28. The van der Waals surface area contributed by atoms with Gasteiger partial charge in [-0.15, -0.1) is 0 Å². The average molecular weight is 511 g/mol. The molecule has 1 aliphatic rings. The quantitative estimate of drug-likeness (QED) is 0.418. The van der Waals surface area contributed by atoms with Crippen LogP contribution in [0, 0.1) is 11.6 Å². The van der Waals surface area contributed by atoms with Crippen LogP contribution >= 0.6 is 11.8 Å². The number of anilines is 1. The highest BCUT2D eigenvalue weighted by molar-refractivity contribution is 8.18. The number of thioether (sulfide) groups is 1. The molecule has 3 aromatic rings. The summed E-state index contributed by atoms with van der Waals surface area (Å²) in [4.78, 5) is 38.3. The van der Waals surface area contributed by atoms with Crippen LogP contribution < -0.4 is 14.8 Å². The van der Waals surface area contributed by atoms with Crippen molar-refractivity contribution in [2.75, 3.05) is 19.0 Å². The minimum Gasteiger partial charge on any atom is -0.493 e. The van der Waals surface area contributed by atoms with Crippen molar-refractivity contribution in [2.24, 2.45) is 0 Å². The molecule has 7 nitrogen and oxygen atoms in total. The fourth-order valence-electron chi connectivity index (χ4n) is 3.34. The first-order chi connectivity index (χ1) is 17.3. The number of hydrogen-bond donors (Lipinski definition) is 1. The number of halogens is 2. The zero-order valence-corrected chi connectivity index (χ0v) is 19.8. The number of benzene rings is 3. The molecule has 1 saturated heterocycles. The molecule has 0 saturated carbocycles. The molecule has 0 aliphatic carbocycles. The fraction of sp³-hybridized carbons (Fsp3) is 0.115. The van der Waals surface area contributed by atoms with Crippen LogP contribution in [0.2, 0.25) is 0 Å². The van der Waals surface area contributed by atoms with Crippen molar-refractivity contribution in [1.82, 2.24) is 4.90 Å². The molecular weight excluding hydrogens is 490 g/mol. The molecule has 0 spiro atoms. The zero-order chi connectivity index (χ0) is 25.7. The van der Waals surface area contributed by atoms with Gasteiger partial charge in [0.1, 0.15) is 24.8 Å². The molecule has 3 amide bonds. The Morgan fingerprint density at radius 2 is 1.81 bits per heavy atom. The summed E-state index contributed by atoms with van der Waals surface area (Å²) in [6.07, 6.45) is 1.51. The van der Waals surface area contributed by atoms with Gasteiger partial charge in [0.2, 0.25) is 5.91 Å². The van der Waals surface area contributed by atoms with Crippen molar-refractivity contribution in [2.45, 2.75) is 6.61 Å². The first kappa shape index (κ1) is 24.9. The number of rotatable bonds is 8. The number of carbonyl (C=O) groups is 3. The third-order valence-corrected chi connectivity index (χ3v) is 6.01. The molecule has 10 heteroatoms. The van der Waals surface area contributed by atoms with Gasteiger partial charge in [-0.3, -0.25) is 19.3 Å². The van der Waals surface area contributed by atoms with E-state index in [0.717, 1.165) is 22.6 Å². The van der Waals surface area contributed by atoms with Crippen molar-refractivity contribution < 1.29 is 32.6 Å². The first-order valence-electron chi connectivity index (χ1n) is 10.7. The van der Waals surface area contributed by atoms with Gasteiger partial charge in [0.15, 0.2) is 11.5 Å². The lowest BCUT2D eigenvalue weighted by Crippen LogP contribution is -2.36. The van der Waals surface area contributed by atoms with Gasteiger partial charge in [0.05, 0.1) is 17.7 Å². The van der Waals surface area contributed by atoms with E-state index in [1.807, 2.05) is 30.3 Å². The van der Waals surface area contributed by atoms with Crippen molar-refractivity contribution in [3.63, 3.8) is 0 Å². The summed E-state index contributed by atoms with van der Waals surface area (Å²) >= 11 is 0.678. The number of hydrogen-bond acceptors (Lipinski definition) is 6. The lowest BCUT2D eigenvalue weighted by atomic mass is 10.1. The van der Waals surface area contributed by atoms with Gasteiger partial charge in [0.25, 0.3) is 11.1 Å². The number of ether oxygens (including phenoxy) is 2. The predicted molar refractivity (Wildman–Crippen MR) is 131 cm³/mol. The Kier molecular flexibility index (Phi) is 7.65. The maximum atomic E-state index is 13.8. The first-order valence-corrected chi connectivity index (χ1v) is 11.5. The van der Waals surface area contributed by atoms with Gasteiger partial charge in [-0.1, -0.05) is 36.4 Å². The van der Waals surface area contributed by atoms with Crippen molar-refractivity contribution in [3.05, 3.63) is 94.4 Å². The maximum absolute atomic E-state index is 13.8. The molecule has 1 fully saturated rings. The van der Waals surface area contributed by atoms with Crippen molar-refractivity contribution >= 4 is 40.6 Å². The number of imide groups is 1. The summed E-state index contributed by atoms with van der Waals surface area (Å²) in [7, 11) is 1.49. The third kappa shape index (κ3) is 5.89. The Hall–Kier alpha value is -4.18. The highest BCUT2D eigenvalue weighted by atomic mass is 32.2. The molecule has 0 bridgehead atoms. The van der Waals surface area contributed by atoms with E-state index in [-0.39, 0.29) is 10.6 Å². The standard InChI is InChI=1S/C26H20F2N2O5S/c1-34-22-11-17(7-10-21(22)35-15-16-5-3-2-4-6-16)12-23-25(32)30(26(33)36-23)14-24(31)29-20-9-8-18(27)13-19(20)28/h2-13H,14-15H2,1H3,(H,29,31)/b23-12+. The van der Waals surface area contributed by atoms with E-state index in [4.69, 9.17) is 9.47 Å². The van der Waals surface area contributed by atoms with E-state index in [1.54, 1.807) is 18.2 Å². The molecule has 3 aromatic carbocycles. The highest BCUT2D eigenvalue weighted by Crippen LogP contribution is 2.34. The minimum atomic E-state index is -0.970. The van der Waals surface area contributed by atoms with Crippen LogP contribution in [0.1, 0.15) is 11.1 Å². The fourth-order valence-corrected chi connectivity index (χ4v) is 4.18. The summed E-state index contributed by atoms with van der Waals surface area (Å²) in [6, 6.07) is 17.3. The van der Waals surface area contributed by atoms with Gasteiger partial charge in [-0.25, -0.2) is 8.78 Å². The van der Waals surface area contributed by atoms with Gasteiger partial charge in [-0.2, -0.15) is 0 Å². The van der Waals surface area contributed by atoms with E-state index in [9.17, 15) is 23.2 Å². The van der Waals surface area contributed by atoms with Crippen LogP contribution in [-0.2, 0) is 16.2 Å². The number of methoxy groups -OCH3 is 1. The second-order valence-corrected chi connectivity index (χ2v) is 8.62. The summed E-state index contributed by atoms with van der Waals surface area (Å²) in [6.45, 7) is -0.270. The molecule has 36 heavy (non-hydrogen) atoms. The smallest absolute Gasteiger partial charge is 0.294 e. The molecule has 0 aromatic heterocycles. The molecule has 1 heterocycles. The van der Waals surface area contributed by atoms with E-state index in [2.05, 4.69) is 5.32 Å². The number of amides is 3. The normalized spacial score (nSPS) is 14.3. The zero-order valence-electron chi connectivity index (χ0n) is 19.0. The Morgan fingerprint density at radius 3 is 2.53 bits per heavy atom. The Morgan fingerprint density at radius 1 is 1.03 bits per heavy atom. The van der Waals surface area contributed by atoms with Gasteiger partial charge in [0, 0.05) is 6.07 Å². The lowest BCUT2D eigenvalue weighted by Gasteiger charge is -2.13. The number of nitrogens with zero attached hydrogens (tertiary/aromatic N) is 1. The van der Waals surface area contributed by atoms with Crippen LogP contribution in [0.5, 0.6) is 11.5 Å². The minimum absolute atomic E-state index is 0.112. The molecule has 1 aliphatic heterocycles. The molecule has 0 unspecified atom stereocenters. The Bertz CT molecular complexity index is 1350. The Labute approximate surface area is 209 Å². The molecule has 1 N–H and O–H groups in total. The second kappa shape index (κ2) is 11.0. The second-order valence-electron chi connectivity index (χ2n) is 7.62. The summed E-state index contributed by atoms with van der Waals surface area (Å²) < 4.78 is 38.0. The third-order valence-electron chi connectivity index (χ3n) is 5.10. The SMILES string of the molecule is COc1cc(/C=C2/SC(=O)N(CC(=O)Nc3ccc(F)cc3F)C2=O)ccc1OCc1ccccc1. The Balaban J connectivity index is 1.43. The predicted octanol–water partition coefficient (Wildman–Crippen LogP) is 5.23. The van der Waals surface area contributed by atoms with Crippen LogP contribution in [0.25, 0.3) is 6.08 Å². The molecule has 0 radical (unpaired) electrons. The van der Waals surface area contributed by atoms with E-state index in [0.29, 0.717) is 41.5 Å². The summed E-state index contributed by atoms with van der Waals surface area (Å²) in [5, 5.41) is 1.59. The lowest BCUT2D eigenvalue weighted by molar-refractivity contribution is -0.127. The average Bonchev–Trinajstić information content (AvgIpc) is 3.12. The molecule has 0 atom stereocenters. The molecule has 4 rings (SSSR count). The van der Waals surface area contributed by atoms with Gasteiger partial charge >= 0.3 is 0 Å². The van der Waals surface area contributed by atoms with Crippen molar-refractivity contribution in [3.8, 4) is 11.5 Å². The van der Waals surface area contributed by atoms with E-state index < -0.39 is 35.2 Å². The highest BCUT2D eigenvalue weighted by Gasteiger charge is 2.36. The van der Waals surface area contributed by atoms with Gasteiger partial charge in [-0.05, 0) is 53.2 Å². The molecule has 184 valence electrons. The van der Waals surface area contributed by atoms with Crippen LogP contribution in [0.15, 0.2) is 71.6 Å². The topological polar surface area (TPSA) is 84.9 Å². The number of nitrogens with one attached hydrogen (secondary N) is 1. The largest absolute Gasteiger partial charge is 0.493 e. The van der Waals surface area contributed by atoms with E-state index >= 15 is 0 Å². The summed E-state index contributed by atoms with van der Waals surface area (Å²) in [5.41, 5.74) is 1.32. The van der Waals surface area contributed by atoms with Crippen LogP contribution in [0.4, 0.5) is 19.3 Å². The van der Waals surface area contributed by atoms with Crippen LogP contribution in [-0.4, -0.2) is 35.6 Å². The number of carbonyl (C=O) groups excluding carboxylic acids is 3. The van der Waals surface area contributed by atoms with E-state index in [1.165, 1.54) is 13.2 Å². The monoisotopic (exact) mass is 510 g/mol. The maximum Gasteiger partial charge on any atom is 0.294 e. The van der Waals surface area contributed by atoms with Crippen molar-refractivity contribution in [1.29, 1.82) is 0 Å². The van der Waals surface area contributed by atoms with Gasteiger partial charge < -0.3 is 14.8 Å².